The average Bonchev–Trinajstić information content (AvgIpc) is 3.94. The van der Waals surface area contributed by atoms with Crippen LogP contribution in [0.4, 0.5) is 0 Å². The first-order valence-electron chi connectivity index (χ1n) is 14.6. The van der Waals surface area contributed by atoms with Gasteiger partial charge in [0.05, 0.1) is 48.1 Å². The summed E-state index contributed by atoms with van der Waals surface area (Å²) in [7, 11) is 0. The van der Waals surface area contributed by atoms with Crippen LogP contribution >= 0.6 is 0 Å². The summed E-state index contributed by atoms with van der Waals surface area (Å²) in [6.45, 7) is 0. The van der Waals surface area contributed by atoms with Gasteiger partial charge in [-0.2, -0.15) is 10.1 Å². The molecule has 0 radical (unpaired) electrons. The third-order valence-corrected chi connectivity index (χ3v) is 15.8. The number of fused-ring (bicyclic) bond motifs is 10. The molecule has 4 fully saturated rings. The molecule has 8 atom stereocenters. The number of hydrogen-bond acceptors (Lipinski definition) is 8. The molecular formula is C34H29N2O8Sb. The van der Waals surface area contributed by atoms with E-state index in [0.717, 1.165) is 0 Å². The summed E-state index contributed by atoms with van der Waals surface area (Å²) in [6.07, 6.45) is 5.83. The molecule has 45 heavy (non-hydrogen) atoms. The molecule has 4 amide bonds. The number of ether oxygens (including phenoxy) is 2. The third-order valence-electron chi connectivity index (χ3n) is 8.82. The maximum atomic E-state index is 11.3. The van der Waals surface area contributed by atoms with Crippen LogP contribution in [0.5, 0.6) is 0 Å². The average molecular weight is 715 g/mol. The Morgan fingerprint density at radius 1 is 0.444 bits per heavy atom. The van der Waals surface area contributed by atoms with Crippen molar-refractivity contribution in [3.8, 4) is 0 Å². The zero-order chi connectivity index (χ0) is 31.2. The van der Waals surface area contributed by atoms with Crippen molar-refractivity contribution in [3.63, 3.8) is 0 Å². The van der Waals surface area contributed by atoms with Crippen LogP contribution < -0.4 is 10.5 Å². The van der Waals surface area contributed by atoms with Gasteiger partial charge in [-0.15, -0.1) is 0 Å². The van der Waals surface area contributed by atoms with Crippen molar-refractivity contribution in [1.82, 2.24) is 10.1 Å². The Kier molecular flexibility index (Phi) is 8.01. The molecule has 0 aromatic heterocycles. The van der Waals surface area contributed by atoms with E-state index in [1.807, 2.05) is 0 Å². The molecule has 3 aromatic rings. The Labute approximate surface area is 266 Å². The van der Waals surface area contributed by atoms with Crippen LogP contribution in [0.2, 0.25) is 0 Å². The molecule has 4 unspecified atom stereocenters. The first kappa shape index (κ1) is 29.8. The van der Waals surface area contributed by atoms with Crippen molar-refractivity contribution in [1.29, 1.82) is 0 Å². The van der Waals surface area contributed by atoms with E-state index in [4.69, 9.17) is 19.9 Å². The molecule has 0 saturated carbocycles. The zero-order valence-corrected chi connectivity index (χ0v) is 26.3. The molecule has 6 aliphatic rings. The fourth-order valence-electron chi connectivity index (χ4n) is 6.75. The fraction of sp³-hybridized carbons (Fsp3) is 0.235. The van der Waals surface area contributed by atoms with Gasteiger partial charge < -0.3 is 9.47 Å². The monoisotopic (exact) mass is 714 g/mol. The molecule has 2 N–H and O–H groups in total. The second-order valence-corrected chi connectivity index (χ2v) is 17.7. The number of carbonyl (C=O) groups is 4. The van der Waals surface area contributed by atoms with Crippen molar-refractivity contribution in [2.75, 3.05) is 0 Å². The van der Waals surface area contributed by atoms with Crippen molar-refractivity contribution >= 4 is 54.4 Å². The van der Waals surface area contributed by atoms with Gasteiger partial charge in [-0.05, 0) is 0 Å². The molecule has 3 aromatic carbocycles. The maximum absolute atomic E-state index is 11.3. The normalized spacial score (nSPS) is 31.3. The summed E-state index contributed by atoms with van der Waals surface area (Å²) in [4.78, 5) is 45.3. The first-order valence-corrected chi connectivity index (χ1v) is 18.4. The number of rotatable bonds is 3. The number of carbonyl (C=O) groups excluding carboxylic acids is 4. The molecule has 9 rings (SSSR count). The van der Waals surface area contributed by atoms with Gasteiger partial charge in [-0.1, -0.05) is 24.3 Å². The predicted molar refractivity (Wildman–Crippen MR) is 161 cm³/mol. The predicted octanol–water partition coefficient (Wildman–Crippen LogP) is 0.831. The van der Waals surface area contributed by atoms with Gasteiger partial charge in [0.2, 0.25) is 0 Å². The van der Waals surface area contributed by atoms with Crippen molar-refractivity contribution in [3.05, 3.63) is 115 Å². The van der Waals surface area contributed by atoms with Crippen LogP contribution in [0.1, 0.15) is 0 Å². The Morgan fingerprint density at radius 2 is 0.689 bits per heavy atom. The Hall–Kier alpha value is -3.92. The fourth-order valence-corrected chi connectivity index (χ4v) is 13.3. The molecule has 4 saturated heterocycles. The van der Waals surface area contributed by atoms with E-state index < -0.39 is 67.5 Å². The third kappa shape index (κ3) is 5.16. The molecule has 6 heterocycles. The van der Waals surface area contributed by atoms with Crippen molar-refractivity contribution < 1.29 is 39.1 Å². The topological polar surface area (TPSA) is 134 Å². The summed E-state index contributed by atoms with van der Waals surface area (Å²) >= 11 is -1.83. The number of imide groups is 2. The van der Waals surface area contributed by atoms with Crippen molar-refractivity contribution in [2.45, 2.75) is 24.4 Å². The zero-order valence-electron chi connectivity index (χ0n) is 23.8. The minimum absolute atomic E-state index is 0.227. The standard InChI is InChI=1S/2C8H7NO4.3C6H5.Sb/c2*10-7-5-3-1-2-4(13-3)6(5)8(11)9(7)12;3*1-2-4-6-5-3-1;/h2*1-6,12H;3*1-5H;/t2*3-,4+,5?,6?;;;;. The van der Waals surface area contributed by atoms with Crippen molar-refractivity contribution in [2.24, 2.45) is 23.7 Å². The minimum atomic E-state index is -1.83. The van der Waals surface area contributed by atoms with Crippen LogP contribution in [-0.4, -0.2) is 88.8 Å². The van der Waals surface area contributed by atoms with E-state index in [1.165, 1.54) is 10.5 Å². The molecule has 4 bridgehead atoms. The van der Waals surface area contributed by atoms with Crippen LogP contribution in [0.3, 0.4) is 0 Å². The summed E-state index contributed by atoms with van der Waals surface area (Å²) in [5.41, 5.74) is 0. The number of nitrogens with zero attached hydrogens (tertiary/aromatic N) is 2. The summed E-state index contributed by atoms with van der Waals surface area (Å²) < 4.78 is 15.2. The molecule has 10 nitrogen and oxygen atoms in total. The van der Waals surface area contributed by atoms with E-state index in [0.29, 0.717) is 0 Å². The second kappa shape index (κ2) is 12.1. The SMILES string of the molecule is O=C1C2C(C(=O)N1O)[C@H]1C=C[C@@H]2O1.O=C1C2C(C(=O)N1O)[C@H]1C=C[C@@H]2O1.c1cc[c]([Sb]([c]2ccccc2)[c]2ccccc2)cc1. The Bertz CT molecular complexity index is 1460. The Balaban J connectivity index is 0.000000111. The van der Waals surface area contributed by atoms with E-state index in [1.54, 1.807) is 24.3 Å². The summed E-state index contributed by atoms with van der Waals surface area (Å²) in [5.74, 6) is -4.11. The number of hydrogen-bond donors (Lipinski definition) is 2. The van der Waals surface area contributed by atoms with Gasteiger partial charge in [-0.3, -0.25) is 29.6 Å². The van der Waals surface area contributed by atoms with E-state index >= 15 is 0 Å². The van der Waals surface area contributed by atoms with Gasteiger partial charge in [0.1, 0.15) is 0 Å². The Morgan fingerprint density at radius 3 is 0.933 bits per heavy atom. The summed E-state index contributed by atoms with van der Waals surface area (Å²) in [6, 6.07) is 32.9. The van der Waals surface area contributed by atoms with E-state index in [2.05, 4.69) is 91.0 Å². The van der Waals surface area contributed by atoms with E-state index in [9.17, 15) is 19.2 Å². The van der Waals surface area contributed by atoms with Gasteiger partial charge in [0.15, 0.2) is 0 Å². The first-order chi connectivity index (χ1) is 21.8. The van der Waals surface area contributed by atoms with Crippen LogP contribution in [-0.2, 0) is 28.7 Å². The quantitative estimate of drug-likeness (QED) is 0.177. The molecule has 0 spiro atoms. The van der Waals surface area contributed by atoms with Crippen LogP contribution in [0.15, 0.2) is 115 Å². The van der Waals surface area contributed by atoms with Crippen LogP contribution in [0, 0.1) is 23.7 Å². The van der Waals surface area contributed by atoms with Gasteiger partial charge in [-0.25, -0.2) is 0 Å². The number of hydroxylamine groups is 4. The molecule has 11 heteroatoms. The van der Waals surface area contributed by atoms with Crippen LogP contribution in [0.25, 0.3) is 0 Å². The molecular weight excluding hydrogens is 686 g/mol. The van der Waals surface area contributed by atoms with Gasteiger partial charge in [0.25, 0.3) is 23.6 Å². The molecule has 0 aliphatic carbocycles. The number of amides is 4. The summed E-state index contributed by atoms with van der Waals surface area (Å²) in [5, 5.41) is 18.6. The van der Waals surface area contributed by atoms with Gasteiger partial charge >= 0.3 is 122 Å². The second-order valence-electron chi connectivity index (χ2n) is 11.3. The van der Waals surface area contributed by atoms with Gasteiger partial charge in [0, 0.05) is 0 Å². The van der Waals surface area contributed by atoms with E-state index in [-0.39, 0.29) is 34.5 Å². The number of benzene rings is 3. The molecule has 228 valence electrons. The molecule has 6 aliphatic heterocycles.